The largest absolute Gasteiger partial charge is 0.348 e. The van der Waals surface area contributed by atoms with Gasteiger partial charge in [0.15, 0.2) is 0 Å². The molecule has 10 heteroatoms. The van der Waals surface area contributed by atoms with E-state index < -0.39 is 17.7 Å². The molecule has 2 unspecified atom stereocenters. The average molecular weight is 554 g/mol. The summed E-state index contributed by atoms with van der Waals surface area (Å²) < 4.78 is 0. The lowest BCUT2D eigenvalue weighted by molar-refractivity contribution is -0.139. The molecule has 226 valence electrons. The van der Waals surface area contributed by atoms with E-state index in [0.717, 1.165) is 13.1 Å². The summed E-state index contributed by atoms with van der Waals surface area (Å²) in [5.74, 6) is 1.62. The van der Waals surface area contributed by atoms with Gasteiger partial charge in [0.2, 0.25) is 18.1 Å². The molecule has 1 heterocycles. The lowest BCUT2D eigenvalue weighted by atomic mass is 10.1. The highest BCUT2D eigenvalue weighted by atomic mass is 16.2. The van der Waals surface area contributed by atoms with Gasteiger partial charge in [0, 0.05) is 46.1 Å². The van der Waals surface area contributed by atoms with Crippen LogP contribution in [0.1, 0.15) is 87.5 Å². The fraction of sp³-hybridized carbons (Fsp3) is 0.690. The molecule has 0 aromatic carbocycles. The SMILES string of the molecule is C#CCCC(NC=O)C(=O)C(=O)NCC=C.CC.CC(=O)N1CCCC1C.CCC.CNC(=O)NCC(C)C. The standard InChI is InChI=1S/C11H14N2O3.C7H13NO.C6H14N2O.C3H8.C2H6/c1-3-5-6-9(13-8-14)10(15)11(16)12-7-4-2;1-6-4-3-5-8(6)7(2)9;1-5(2)4-8-6(9)7-3;1-3-2;1-2/h1,4,8-9H,2,5-7H2,(H,12,16)(H,13,14);6H,3-5H2,1-2H3;5H,4H2,1-3H3,(H2,7,8,9);3H2,1-2H3;1-2H3. The van der Waals surface area contributed by atoms with Crippen LogP contribution in [0.2, 0.25) is 0 Å². The molecule has 10 nitrogen and oxygen atoms in total. The highest BCUT2D eigenvalue weighted by molar-refractivity contribution is 6.38. The molecule has 0 saturated carbocycles. The number of carbonyl (C=O) groups excluding carboxylic acids is 5. The molecule has 0 spiro atoms. The van der Waals surface area contributed by atoms with Crippen LogP contribution in [0, 0.1) is 18.3 Å². The molecule has 0 aliphatic carbocycles. The van der Waals surface area contributed by atoms with E-state index in [-0.39, 0.29) is 24.9 Å². The maximum atomic E-state index is 11.5. The lowest BCUT2D eigenvalue weighted by Crippen LogP contribution is -2.45. The number of hydrogen-bond donors (Lipinski definition) is 4. The first-order chi connectivity index (χ1) is 18.5. The van der Waals surface area contributed by atoms with Crippen LogP contribution < -0.4 is 21.3 Å². The molecule has 39 heavy (non-hydrogen) atoms. The Balaban J connectivity index is -0.000000228. The van der Waals surface area contributed by atoms with Gasteiger partial charge in [-0.05, 0) is 32.1 Å². The van der Waals surface area contributed by atoms with Crippen molar-refractivity contribution in [2.24, 2.45) is 5.92 Å². The minimum absolute atomic E-state index is 0.108. The van der Waals surface area contributed by atoms with E-state index in [1.807, 2.05) is 18.7 Å². The molecule has 4 N–H and O–H groups in total. The Labute approximate surface area is 237 Å². The van der Waals surface area contributed by atoms with Gasteiger partial charge in [0.25, 0.3) is 5.91 Å². The summed E-state index contributed by atoms with van der Waals surface area (Å²) >= 11 is 0. The molecule has 5 amide bonds. The summed E-state index contributed by atoms with van der Waals surface area (Å²) in [6.45, 7) is 21.4. The highest BCUT2D eigenvalue weighted by Gasteiger charge is 2.23. The second-order valence-electron chi connectivity index (χ2n) is 8.71. The van der Waals surface area contributed by atoms with Crippen molar-refractivity contribution in [3.63, 3.8) is 0 Å². The maximum Gasteiger partial charge on any atom is 0.314 e. The molecule has 2 atom stereocenters. The van der Waals surface area contributed by atoms with Gasteiger partial charge in [0.05, 0.1) is 6.04 Å². The number of urea groups is 1. The predicted octanol–water partition coefficient (Wildman–Crippen LogP) is 3.42. The van der Waals surface area contributed by atoms with E-state index in [0.29, 0.717) is 24.8 Å². The number of carbonyl (C=O) groups is 5. The topological polar surface area (TPSA) is 137 Å². The Morgan fingerprint density at radius 1 is 1.15 bits per heavy atom. The Morgan fingerprint density at radius 2 is 1.72 bits per heavy atom. The van der Waals surface area contributed by atoms with E-state index in [1.54, 1.807) is 14.0 Å². The number of amides is 5. The van der Waals surface area contributed by atoms with Gasteiger partial charge < -0.3 is 26.2 Å². The summed E-state index contributed by atoms with van der Waals surface area (Å²) in [6, 6.07) is -0.482. The van der Waals surface area contributed by atoms with Crippen LogP contribution in [0.4, 0.5) is 4.79 Å². The average Bonchev–Trinajstić information content (AvgIpc) is 3.36. The van der Waals surface area contributed by atoms with Gasteiger partial charge in [-0.3, -0.25) is 19.2 Å². The fourth-order valence-corrected chi connectivity index (χ4v) is 2.80. The summed E-state index contributed by atoms with van der Waals surface area (Å²) in [5.41, 5.74) is 0. The number of nitrogens with zero attached hydrogens (tertiary/aromatic N) is 1. The normalized spacial score (nSPS) is 13.4. The van der Waals surface area contributed by atoms with Crippen LogP contribution in [0.3, 0.4) is 0 Å². The molecule has 0 bridgehead atoms. The fourth-order valence-electron chi connectivity index (χ4n) is 2.80. The Bertz CT molecular complexity index is 719. The third kappa shape index (κ3) is 27.5. The van der Waals surface area contributed by atoms with Crippen LogP contribution in [-0.2, 0) is 19.2 Å². The molecule has 1 aliphatic heterocycles. The summed E-state index contributed by atoms with van der Waals surface area (Å²) in [7, 11) is 1.61. The zero-order chi connectivity index (χ0) is 31.2. The van der Waals surface area contributed by atoms with Crippen LogP contribution >= 0.6 is 0 Å². The lowest BCUT2D eigenvalue weighted by Gasteiger charge is -2.18. The number of Topliss-reactive ketones (excluding diaryl/α,β-unsaturated/α-hetero) is 1. The van der Waals surface area contributed by atoms with Crippen LogP contribution in [0.15, 0.2) is 12.7 Å². The van der Waals surface area contributed by atoms with Gasteiger partial charge in [-0.25, -0.2) is 4.79 Å². The number of rotatable bonds is 10. The molecule has 1 fully saturated rings. The van der Waals surface area contributed by atoms with Crippen molar-refractivity contribution in [1.29, 1.82) is 0 Å². The predicted molar refractivity (Wildman–Crippen MR) is 160 cm³/mol. The summed E-state index contributed by atoms with van der Waals surface area (Å²) in [6.07, 6.45) is 11.0. The van der Waals surface area contributed by atoms with E-state index in [2.05, 4.69) is 68.4 Å². The summed E-state index contributed by atoms with van der Waals surface area (Å²) in [4.78, 5) is 56.2. The van der Waals surface area contributed by atoms with Crippen molar-refractivity contribution >= 4 is 30.0 Å². The molecular weight excluding hydrogens is 498 g/mol. The first-order valence-electron chi connectivity index (χ1n) is 13.8. The van der Waals surface area contributed by atoms with Gasteiger partial charge in [-0.15, -0.1) is 18.9 Å². The van der Waals surface area contributed by atoms with Gasteiger partial charge in [0.1, 0.15) is 0 Å². The third-order valence-electron chi connectivity index (χ3n) is 4.65. The maximum absolute atomic E-state index is 11.5. The van der Waals surface area contributed by atoms with E-state index >= 15 is 0 Å². The third-order valence-corrected chi connectivity index (χ3v) is 4.65. The van der Waals surface area contributed by atoms with Crippen molar-refractivity contribution < 1.29 is 24.0 Å². The second kappa shape index (κ2) is 30.9. The minimum Gasteiger partial charge on any atom is -0.348 e. The number of likely N-dealkylation sites (tertiary alicyclic amines) is 1. The summed E-state index contributed by atoms with van der Waals surface area (Å²) in [5, 5.41) is 9.75. The number of nitrogens with one attached hydrogen (secondary N) is 4. The van der Waals surface area contributed by atoms with E-state index in [1.165, 1.54) is 25.3 Å². The van der Waals surface area contributed by atoms with Crippen molar-refractivity contribution in [2.45, 2.75) is 99.6 Å². The zero-order valence-electron chi connectivity index (χ0n) is 25.8. The molecular formula is C29H55N5O5. The van der Waals surface area contributed by atoms with E-state index in [9.17, 15) is 24.0 Å². The zero-order valence-corrected chi connectivity index (χ0v) is 25.8. The van der Waals surface area contributed by atoms with Crippen molar-refractivity contribution in [1.82, 2.24) is 26.2 Å². The molecule has 0 aromatic rings. The number of terminal acetylenes is 1. The smallest absolute Gasteiger partial charge is 0.314 e. The van der Waals surface area contributed by atoms with Gasteiger partial charge >= 0.3 is 6.03 Å². The molecule has 1 rings (SSSR count). The first kappa shape index (κ1) is 42.7. The Kier molecular flexibility index (Phi) is 33.8. The highest BCUT2D eigenvalue weighted by Crippen LogP contribution is 2.15. The second-order valence-corrected chi connectivity index (χ2v) is 8.71. The quantitative estimate of drug-likeness (QED) is 0.142. The Morgan fingerprint density at radius 3 is 2.05 bits per heavy atom. The monoisotopic (exact) mass is 553 g/mol. The molecule has 1 saturated heterocycles. The van der Waals surface area contributed by atoms with Crippen molar-refractivity contribution in [3.05, 3.63) is 12.7 Å². The minimum atomic E-state index is -0.863. The molecule has 1 aliphatic rings. The Hall–Kier alpha value is -3.35. The van der Waals surface area contributed by atoms with Crippen molar-refractivity contribution in [2.75, 3.05) is 26.7 Å². The first-order valence-corrected chi connectivity index (χ1v) is 13.8. The van der Waals surface area contributed by atoms with Crippen LogP contribution in [0.25, 0.3) is 0 Å². The molecule has 0 aromatic heterocycles. The number of hydrogen-bond acceptors (Lipinski definition) is 5. The van der Waals surface area contributed by atoms with Gasteiger partial charge in [-0.2, -0.15) is 0 Å². The number of ketones is 1. The van der Waals surface area contributed by atoms with Crippen molar-refractivity contribution in [3.8, 4) is 12.3 Å². The van der Waals surface area contributed by atoms with Gasteiger partial charge in [-0.1, -0.05) is 54.0 Å². The van der Waals surface area contributed by atoms with Crippen LogP contribution in [0.5, 0.6) is 0 Å². The van der Waals surface area contributed by atoms with E-state index in [4.69, 9.17) is 6.42 Å². The van der Waals surface area contributed by atoms with Crippen LogP contribution in [-0.4, -0.2) is 73.7 Å². The molecule has 0 radical (unpaired) electrons.